The van der Waals surface area contributed by atoms with E-state index in [9.17, 15) is 4.79 Å². The molecule has 3 rings (SSSR count). The van der Waals surface area contributed by atoms with Crippen molar-refractivity contribution in [1.82, 2.24) is 20.1 Å². The van der Waals surface area contributed by atoms with Gasteiger partial charge in [-0.1, -0.05) is 6.07 Å². The van der Waals surface area contributed by atoms with Crippen LogP contribution in [0.3, 0.4) is 0 Å². The Morgan fingerprint density at radius 2 is 2.15 bits per heavy atom. The third kappa shape index (κ3) is 6.47. The van der Waals surface area contributed by atoms with Crippen molar-refractivity contribution in [3.05, 3.63) is 30.1 Å². The van der Waals surface area contributed by atoms with Crippen LogP contribution in [0.25, 0.3) is 0 Å². The van der Waals surface area contributed by atoms with Gasteiger partial charge in [0.15, 0.2) is 0 Å². The molecule has 1 amide bonds. The van der Waals surface area contributed by atoms with Crippen molar-refractivity contribution in [2.24, 2.45) is 5.92 Å². The van der Waals surface area contributed by atoms with Crippen LogP contribution in [-0.2, 0) is 11.3 Å². The van der Waals surface area contributed by atoms with Crippen LogP contribution in [0.5, 0.6) is 0 Å². The first-order valence-electron chi connectivity index (χ1n) is 10.4. The second-order valence-electron chi connectivity index (χ2n) is 7.83. The molecule has 5 nitrogen and oxygen atoms in total. The molecule has 0 bridgehead atoms. The third-order valence-electron chi connectivity index (χ3n) is 5.91. The summed E-state index contributed by atoms with van der Waals surface area (Å²) in [5.74, 6) is 1.61. The van der Waals surface area contributed by atoms with Crippen LogP contribution in [0, 0.1) is 5.92 Å². The Bertz CT molecular complexity index is 563. The number of nitrogens with one attached hydrogen (secondary N) is 1. The van der Waals surface area contributed by atoms with Gasteiger partial charge in [-0.15, -0.1) is 0 Å². The highest BCUT2D eigenvalue weighted by molar-refractivity contribution is 7.98. The monoisotopic (exact) mass is 390 g/mol. The van der Waals surface area contributed by atoms with E-state index in [0.29, 0.717) is 12.6 Å². The van der Waals surface area contributed by atoms with E-state index in [1.54, 1.807) is 6.20 Å². The molecule has 2 aliphatic heterocycles. The third-order valence-corrected chi connectivity index (χ3v) is 6.61. The predicted molar refractivity (Wildman–Crippen MR) is 113 cm³/mol. The first kappa shape index (κ1) is 20.6. The molecule has 1 atom stereocenters. The van der Waals surface area contributed by atoms with E-state index in [4.69, 9.17) is 0 Å². The van der Waals surface area contributed by atoms with Crippen molar-refractivity contribution in [3.8, 4) is 0 Å². The van der Waals surface area contributed by atoms with Crippen molar-refractivity contribution in [2.45, 2.75) is 44.7 Å². The van der Waals surface area contributed by atoms with E-state index in [1.165, 1.54) is 44.6 Å². The zero-order valence-corrected chi connectivity index (χ0v) is 17.4. The number of carbonyl (C=O) groups is 1. The lowest BCUT2D eigenvalue weighted by Crippen LogP contribution is -2.50. The number of piperidine rings is 2. The standard InChI is InChI=1S/C21H34N4OS/c1-27-14-4-10-24-12-7-20(8-13-24)25-11-3-6-19(17-25)21(26)23-16-18-5-2-9-22-15-18/h2,5,9,15,19-20H,3-4,6-8,10-14,16-17H2,1H3,(H,23,26)/t19-/m0/s1. The van der Waals surface area contributed by atoms with E-state index in [-0.39, 0.29) is 11.8 Å². The first-order chi connectivity index (χ1) is 13.3. The fourth-order valence-electron chi connectivity index (χ4n) is 4.33. The van der Waals surface area contributed by atoms with Gasteiger partial charge in [0.2, 0.25) is 5.91 Å². The maximum atomic E-state index is 12.6. The molecule has 150 valence electrons. The summed E-state index contributed by atoms with van der Waals surface area (Å²) >= 11 is 1.94. The summed E-state index contributed by atoms with van der Waals surface area (Å²) in [4.78, 5) is 22.0. The van der Waals surface area contributed by atoms with Crippen LogP contribution in [-0.4, -0.2) is 71.5 Å². The summed E-state index contributed by atoms with van der Waals surface area (Å²) in [6.07, 6.45) is 11.7. The zero-order valence-electron chi connectivity index (χ0n) is 16.6. The van der Waals surface area contributed by atoms with Gasteiger partial charge in [-0.3, -0.25) is 14.7 Å². The van der Waals surface area contributed by atoms with Gasteiger partial charge in [-0.25, -0.2) is 0 Å². The average molecular weight is 391 g/mol. The van der Waals surface area contributed by atoms with Gasteiger partial charge in [0.05, 0.1) is 5.92 Å². The highest BCUT2D eigenvalue weighted by Gasteiger charge is 2.31. The topological polar surface area (TPSA) is 48.5 Å². The Kier molecular flexibility index (Phi) is 8.42. The van der Waals surface area contributed by atoms with Gasteiger partial charge >= 0.3 is 0 Å². The lowest BCUT2D eigenvalue weighted by Gasteiger charge is -2.42. The van der Waals surface area contributed by atoms with Crippen LogP contribution in [0.2, 0.25) is 0 Å². The summed E-state index contributed by atoms with van der Waals surface area (Å²) in [5.41, 5.74) is 1.06. The van der Waals surface area contributed by atoms with Crippen LogP contribution in [0.1, 0.15) is 37.7 Å². The Labute approximate surface area is 168 Å². The second-order valence-corrected chi connectivity index (χ2v) is 8.82. The van der Waals surface area contributed by atoms with E-state index < -0.39 is 0 Å². The molecule has 1 N–H and O–H groups in total. The summed E-state index contributed by atoms with van der Waals surface area (Å²) in [5, 5.41) is 3.11. The van der Waals surface area contributed by atoms with E-state index >= 15 is 0 Å². The van der Waals surface area contributed by atoms with Gasteiger partial charge in [-0.2, -0.15) is 11.8 Å². The normalized spacial score (nSPS) is 22.6. The highest BCUT2D eigenvalue weighted by atomic mass is 32.2. The molecule has 3 heterocycles. The number of pyridine rings is 1. The maximum absolute atomic E-state index is 12.6. The molecule has 27 heavy (non-hydrogen) atoms. The molecule has 0 aliphatic carbocycles. The molecule has 2 fully saturated rings. The first-order valence-corrected chi connectivity index (χ1v) is 11.8. The largest absolute Gasteiger partial charge is 0.352 e. The minimum absolute atomic E-state index is 0.134. The van der Waals surface area contributed by atoms with Crippen molar-refractivity contribution < 1.29 is 4.79 Å². The SMILES string of the molecule is CSCCCN1CCC(N2CCC[C@H](C(=O)NCc3cccnc3)C2)CC1. The fraction of sp³-hybridized carbons (Fsp3) is 0.714. The summed E-state index contributed by atoms with van der Waals surface area (Å²) < 4.78 is 0. The lowest BCUT2D eigenvalue weighted by molar-refractivity contribution is -0.127. The van der Waals surface area contributed by atoms with Gasteiger partial charge < -0.3 is 10.2 Å². The number of carbonyl (C=O) groups excluding carboxylic acids is 1. The number of hydrogen-bond donors (Lipinski definition) is 1. The van der Waals surface area contributed by atoms with Crippen molar-refractivity contribution in [1.29, 1.82) is 0 Å². The van der Waals surface area contributed by atoms with Crippen LogP contribution in [0.15, 0.2) is 24.5 Å². The van der Waals surface area contributed by atoms with Crippen LogP contribution >= 0.6 is 11.8 Å². The maximum Gasteiger partial charge on any atom is 0.224 e. The molecule has 1 aromatic rings. The van der Waals surface area contributed by atoms with Gasteiger partial charge in [0.1, 0.15) is 0 Å². The Morgan fingerprint density at radius 1 is 1.30 bits per heavy atom. The molecule has 0 radical (unpaired) electrons. The number of aromatic nitrogens is 1. The van der Waals surface area contributed by atoms with E-state index in [0.717, 1.165) is 31.5 Å². The number of thioether (sulfide) groups is 1. The number of likely N-dealkylation sites (tertiary alicyclic amines) is 2. The molecule has 2 saturated heterocycles. The van der Waals surface area contributed by atoms with Crippen molar-refractivity contribution >= 4 is 17.7 Å². The Balaban J connectivity index is 1.40. The molecule has 6 heteroatoms. The van der Waals surface area contributed by atoms with E-state index in [2.05, 4.69) is 26.4 Å². The quantitative estimate of drug-likeness (QED) is 0.692. The highest BCUT2D eigenvalue weighted by Crippen LogP contribution is 2.24. The second kappa shape index (κ2) is 11.0. The molecule has 0 unspecified atom stereocenters. The Hall–Kier alpha value is -1.11. The van der Waals surface area contributed by atoms with Crippen LogP contribution in [0.4, 0.5) is 0 Å². The molecule has 1 aromatic heterocycles. The number of hydrogen-bond acceptors (Lipinski definition) is 5. The molecular weight excluding hydrogens is 356 g/mol. The number of amides is 1. The van der Waals surface area contributed by atoms with Gasteiger partial charge in [-0.05, 0) is 81.9 Å². The number of nitrogens with zero attached hydrogens (tertiary/aromatic N) is 3. The van der Waals surface area contributed by atoms with Gasteiger partial charge in [0, 0.05) is 31.5 Å². The van der Waals surface area contributed by atoms with Crippen molar-refractivity contribution in [3.63, 3.8) is 0 Å². The Morgan fingerprint density at radius 3 is 2.89 bits per heavy atom. The summed E-state index contributed by atoms with van der Waals surface area (Å²) in [6, 6.07) is 4.58. The smallest absolute Gasteiger partial charge is 0.224 e. The minimum Gasteiger partial charge on any atom is -0.352 e. The van der Waals surface area contributed by atoms with Crippen molar-refractivity contribution in [2.75, 3.05) is 44.7 Å². The predicted octanol–water partition coefficient (Wildman–Crippen LogP) is 2.63. The van der Waals surface area contributed by atoms with Gasteiger partial charge in [0.25, 0.3) is 0 Å². The summed E-state index contributed by atoms with van der Waals surface area (Å²) in [7, 11) is 0. The molecule has 0 saturated carbocycles. The number of rotatable bonds is 8. The lowest BCUT2D eigenvalue weighted by atomic mass is 9.93. The summed E-state index contributed by atoms with van der Waals surface area (Å²) in [6.45, 7) is 6.34. The molecule has 0 spiro atoms. The fourth-order valence-corrected chi connectivity index (χ4v) is 4.75. The molecular formula is C21H34N4OS. The minimum atomic E-state index is 0.134. The molecule has 0 aromatic carbocycles. The zero-order chi connectivity index (χ0) is 18.9. The average Bonchev–Trinajstić information content (AvgIpc) is 2.73. The molecule has 2 aliphatic rings. The van der Waals surface area contributed by atoms with Crippen LogP contribution < -0.4 is 5.32 Å². The van der Waals surface area contributed by atoms with E-state index in [1.807, 2.05) is 30.1 Å².